The molecule has 3 amide bonds. The second-order valence-corrected chi connectivity index (χ2v) is 8.88. The van der Waals surface area contributed by atoms with E-state index in [4.69, 9.17) is 14.6 Å². The average Bonchev–Trinajstić information content (AvgIpc) is 3.02. The molecule has 0 aliphatic carbocycles. The molecule has 1 heterocycles. The Bertz CT molecular complexity index is 1120. The molecule has 0 saturated carbocycles. The zero-order valence-corrected chi connectivity index (χ0v) is 20.3. The van der Waals surface area contributed by atoms with Crippen LogP contribution in [-0.2, 0) is 14.4 Å². The molecule has 1 saturated heterocycles. The number of amides is 3. The number of carbonyl (C=O) groups is 4. The molecular weight excluding hydrogens is 563 g/mol. The number of thioether (sulfide) groups is 1. The van der Waals surface area contributed by atoms with Crippen molar-refractivity contribution in [3.05, 3.63) is 56.5 Å². The molecule has 0 spiro atoms. The van der Waals surface area contributed by atoms with Gasteiger partial charge in [0.15, 0.2) is 18.1 Å². The molecule has 1 aliphatic rings. The van der Waals surface area contributed by atoms with Crippen LogP contribution < -0.4 is 14.8 Å². The zero-order chi connectivity index (χ0) is 24.0. The average molecular weight is 582 g/mol. The highest BCUT2D eigenvalue weighted by molar-refractivity contribution is 14.1. The predicted octanol–water partition coefficient (Wildman–Crippen LogP) is 3.83. The van der Waals surface area contributed by atoms with Crippen LogP contribution in [0.1, 0.15) is 12.5 Å². The molecule has 1 fully saturated rings. The minimum Gasteiger partial charge on any atom is -0.490 e. The fourth-order valence-corrected chi connectivity index (χ4v) is 4.00. The molecule has 0 aromatic heterocycles. The third kappa shape index (κ3) is 6.71. The first-order valence-electron chi connectivity index (χ1n) is 9.69. The molecule has 0 bridgehead atoms. The Morgan fingerprint density at radius 3 is 2.52 bits per heavy atom. The molecule has 0 unspecified atom stereocenters. The topological polar surface area (TPSA) is 122 Å². The standard InChI is InChI=1S/C22H19IN2O7S/c1-2-31-17-9-13(3-8-16(17)32-12-20(27)28)10-18-21(29)25(22(30)33-18)11-19(26)24-15-6-4-14(23)5-7-15/h3-10H,2,11-12H2,1H3,(H,24,26)(H,27,28)/b18-10+. The summed E-state index contributed by atoms with van der Waals surface area (Å²) in [4.78, 5) is 49.2. The smallest absolute Gasteiger partial charge is 0.341 e. The monoisotopic (exact) mass is 582 g/mol. The van der Waals surface area contributed by atoms with Gasteiger partial charge in [-0.05, 0) is 89.3 Å². The van der Waals surface area contributed by atoms with E-state index in [0.29, 0.717) is 23.6 Å². The Morgan fingerprint density at radius 1 is 1.12 bits per heavy atom. The molecule has 11 heteroatoms. The minimum atomic E-state index is -1.12. The Labute approximate surface area is 207 Å². The van der Waals surface area contributed by atoms with E-state index in [-0.39, 0.29) is 10.7 Å². The lowest BCUT2D eigenvalue weighted by Gasteiger charge is -2.12. The van der Waals surface area contributed by atoms with Crippen LogP contribution in [0.4, 0.5) is 10.5 Å². The van der Waals surface area contributed by atoms with Crippen molar-refractivity contribution >= 4 is 69.1 Å². The van der Waals surface area contributed by atoms with Gasteiger partial charge in [0.1, 0.15) is 6.54 Å². The quantitative estimate of drug-likeness (QED) is 0.338. The minimum absolute atomic E-state index is 0.156. The molecule has 2 N–H and O–H groups in total. The number of halogens is 1. The molecule has 2 aromatic rings. The molecule has 172 valence electrons. The molecular formula is C22H19IN2O7S. The van der Waals surface area contributed by atoms with E-state index in [2.05, 4.69) is 27.9 Å². The normalized spacial score (nSPS) is 14.5. The van der Waals surface area contributed by atoms with Gasteiger partial charge in [0.25, 0.3) is 11.1 Å². The van der Waals surface area contributed by atoms with Gasteiger partial charge in [-0.25, -0.2) is 4.79 Å². The number of carbonyl (C=O) groups excluding carboxylic acids is 3. The molecule has 33 heavy (non-hydrogen) atoms. The molecule has 1 aliphatic heterocycles. The van der Waals surface area contributed by atoms with Crippen LogP contribution in [0.25, 0.3) is 6.08 Å². The Balaban J connectivity index is 1.71. The van der Waals surface area contributed by atoms with Crippen molar-refractivity contribution in [1.29, 1.82) is 0 Å². The summed E-state index contributed by atoms with van der Waals surface area (Å²) in [5.41, 5.74) is 1.12. The summed E-state index contributed by atoms with van der Waals surface area (Å²) >= 11 is 2.88. The zero-order valence-electron chi connectivity index (χ0n) is 17.4. The molecule has 3 rings (SSSR count). The maximum Gasteiger partial charge on any atom is 0.341 e. The first-order chi connectivity index (χ1) is 15.8. The summed E-state index contributed by atoms with van der Waals surface area (Å²) in [5, 5.41) is 10.9. The van der Waals surface area contributed by atoms with Gasteiger partial charge in [0.05, 0.1) is 11.5 Å². The van der Waals surface area contributed by atoms with Crippen LogP contribution in [0.15, 0.2) is 47.4 Å². The number of hydrogen-bond donors (Lipinski definition) is 2. The highest BCUT2D eigenvalue weighted by Crippen LogP contribution is 2.34. The third-order valence-electron chi connectivity index (χ3n) is 4.22. The van der Waals surface area contributed by atoms with Gasteiger partial charge >= 0.3 is 5.97 Å². The van der Waals surface area contributed by atoms with Crippen LogP contribution in [0, 0.1) is 3.57 Å². The summed E-state index contributed by atoms with van der Waals surface area (Å²) in [6, 6.07) is 11.8. The Hall–Kier alpha value is -3.06. The highest BCUT2D eigenvalue weighted by atomic mass is 127. The summed E-state index contributed by atoms with van der Waals surface area (Å²) in [6.07, 6.45) is 1.51. The largest absolute Gasteiger partial charge is 0.490 e. The van der Waals surface area contributed by atoms with E-state index in [1.807, 2.05) is 12.1 Å². The number of carboxylic acid groups (broad SMARTS) is 1. The number of rotatable bonds is 9. The fraction of sp³-hybridized carbons (Fsp3) is 0.182. The molecule has 2 aromatic carbocycles. The number of aliphatic carboxylic acids is 1. The van der Waals surface area contributed by atoms with Gasteiger partial charge < -0.3 is 19.9 Å². The molecule has 0 radical (unpaired) electrons. The number of nitrogens with one attached hydrogen (secondary N) is 1. The van der Waals surface area contributed by atoms with Gasteiger partial charge in [-0.1, -0.05) is 6.07 Å². The van der Waals surface area contributed by atoms with E-state index >= 15 is 0 Å². The summed E-state index contributed by atoms with van der Waals surface area (Å²) in [7, 11) is 0. The lowest BCUT2D eigenvalue weighted by atomic mass is 10.2. The second kappa shape index (κ2) is 11.2. The van der Waals surface area contributed by atoms with Crippen molar-refractivity contribution in [1.82, 2.24) is 4.90 Å². The van der Waals surface area contributed by atoms with Gasteiger partial charge in [-0.15, -0.1) is 0 Å². The van der Waals surface area contributed by atoms with Crippen molar-refractivity contribution in [3.63, 3.8) is 0 Å². The number of hydrogen-bond acceptors (Lipinski definition) is 7. The first kappa shape index (κ1) is 24.6. The second-order valence-electron chi connectivity index (χ2n) is 6.64. The first-order valence-corrected chi connectivity index (χ1v) is 11.6. The maximum absolute atomic E-state index is 12.7. The summed E-state index contributed by atoms with van der Waals surface area (Å²) in [5.74, 6) is -1.63. The van der Waals surface area contributed by atoms with Crippen molar-refractivity contribution < 1.29 is 33.8 Å². The number of benzene rings is 2. The Kier molecular flexibility index (Phi) is 8.33. The van der Waals surface area contributed by atoms with Gasteiger partial charge in [0, 0.05) is 9.26 Å². The van der Waals surface area contributed by atoms with Crippen LogP contribution >= 0.6 is 34.4 Å². The number of imide groups is 1. The van der Waals surface area contributed by atoms with E-state index < -0.39 is 36.2 Å². The number of carboxylic acids is 1. The van der Waals surface area contributed by atoms with Gasteiger partial charge in [-0.3, -0.25) is 19.3 Å². The van der Waals surface area contributed by atoms with Crippen LogP contribution in [0.3, 0.4) is 0 Å². The van der Waals surface area contributed by atoms with Crippen molar-refractivity contribution in [3.8, 4) is 11.5 Å². The fourth-order valence-electron chi connectivity index (χ4n) is 2.81. The lowest BCUT2D eigenvalue weighted by molar-refractivity contribution is -0.139. The highest BCUT2D eigenvalue weighted by Gasteiger charge is 2.36. The number of nitrogens with zero attached hydrogens (tertiary/aromatic N) is 1. The molecule has 9 nitrogen and oxygen atoms in total. The van der Waals surface area contributed by atoms with Gasteiger partial charge in [-0.2, -0.15) is 0 Å². The molecule has 0 atom stereocenters. The van der Waals surface area contributed by atoms with Crippen molar-refractivity contribution in [2.75, 3.05) is 25.1 Å². The van der Waals surface area contributed by atoms with Crippen LogP contribution in [0.2, 0.25) is 0 Å². The van der Waals surface area contributed by atoms with E-state index in [1.165, 1.54) is 12.1 Å². The summed E-state index contributed by atoms with van der Waals surface area (Å²) in [6.45, 7) is 1.15. The van der Waals surface area contributed by atoms with E-state index in [9.17, 15) is 19.2 Å². The SMILES string of the molecule is CCOc1cc(/C=C2/SC(=O)N(CC(=O)Nc3ccc(I)cc3)C2=O)ccc1OCC(=O)O. The maximum atomic E-state index is 12.7. The number of ether oxygens (including phenoxy) is 2. The summed E-state index contributed by atoms with van der Waals surface area (Å²) < 4.78 is 11.7. The van der Waals surface area contributed by atoms with E-state index in [0.717, 1.165) is 20.2 Å². The predicted molar refractivity (Wildman–Crippen MR) is 131 cm³/mol. The lowest BCUT2D eigenvalue weighted by Crippen LogP contribution is -2.36. The third-order valence-corrected chi connectivity index (χ3v) is 5.85. The number of anilines is 1. The van der Waals surface area contributed by atoms with Crippen LogP contribution in [0.5, 0.6) is 11.5 Å². The van der Waals surface area contributed by atoms with Crippen molar-refractivity contribution in [2.24, 2.45) is 0 Å². The van der Waals surface area contributed by atoms with E-state index in [1.54, 1.807) is 31.2 Å². The van der Waals surface area contributed by atoms with Crippen LogP contribution in [-0.4, -0.2) is 52.8 Å². The van der Waals surface area contributed by atoms with Gasteiger partial charge in [0.2, 0.25) is 5.91 Å². The van der Waals surface area contributed by atoms with Crippen molar-refractivity contribution in [2.45, 2.75) is 6.92 Å². The Morgan fingerprint density at radius 2 is 1.85 bits per heavy atom.